The Morgan fingerprint density at radius 2 is 2.00 bits per heavy atom. The molecule has 0 amide bonds. The van der Waals surface area contributed by atoms with Crippen LogP contribution in [0, 0.1) is 11.6 Å². The van der Waals surface area contributed by atoms with Gasteiger partial charge in [-0.15, -0.1) is 0 Å². The maximum atomic E-state index is 13.4. The van der Waals surface area contributed by atoms with Crippen LogP contribution in [0.2, 0.25) is 0 Å². The summed E-state index contributed by atoms with van der Waals surface area (Å²) < 4.78 is 26.1. The van der Waals surface area contributed by atoms with Crippen molar-refractivity contribution < 1.29 is 8.78 Å². The van der Waals surface area contributed by atoms with E-state index in [1.807, 2.05) is 6.92 Å². The largest absolute Gasteiger partial charge is 0.250 e. The predicted molar refractivity (Wildman–Crippen MR) is 54.6 cm³/mol. The molecule has 2 aromatic rings. The summed E-state index contributed by atoms with van der Waals surface area (Å²) >= 11 is 0. The van der Waals surface area contributed by atoms with E-state index in [9.17, 15) is 8.78 Å². The maximum absolute atomic E-state index is 13.4. The van der Waals surface area contributed by atoms with Crippen LogP contribution >= 0.6 is 0 Å². The molecule has 0 spiro atoms. The second kappa shape index (κ2) is 4.30. The highest BCUT2D eigenvalue weighted by Gasteiger charge is 2.09. The van der Waals surface area contributed by atoms with Gasteiger partial charge >= 0.3 is 0 Å². The van der Waals surface area contributed by atoms with Crippen molar-refractivity contribution in [1.29, 1.82) is 0 Å². The van der Waals surface area contributed by atoms with Gasteiger partial charge in [0.25, 0.3) is 0 Å². The van der Waals surface area contributed by atoms with Gasteiger partial charge in [-0.25, -0.2) is 8.78 Å². The number of nitrogens with zero attached hydrogens (tertiary/aromatic N) is 3. The molecular formula is C11H9F2N3. The zero-order valence-electron chi connectivity index (χ0n) is 8.61. The van der Waals surface area contributed by atoms with Crippen molar-refractivity contribution in [1.82, 2.24) is 15.2 Å². The van der Waals surface area contributed by atoms with Gasteiger partial charge in [-0.05, 0) is 12.5 Å². The average molecular weight is 221 g/mol. The highest BCUT2D eigenvalue weighted by molar-refractivity contribution is 5.58. The summed E-state index contributed by atoms with van der Waals surface area (Å²) in [7, 11) is 0. The molecule has 0 aliphatic heterocycles. The van der Waals surface area contributed by atoms with Crippen LogP contribution in [0.4, 0.5) is 8.78 Å². The van der Waals surface area contributed by atoms with Crippen LogP contribution in [0.1, 0.15) is 12.6 Å². The molecule has 2 aromatic heterocycles. The van der Waals surface area contributed by atoms with Crippen LogP contribution in [-0.4, -0.2) is 15.2 Å². The van der Waals surface area contributed by atoms with Gasteiger partial charge in [0, 0.05) is 11.6 Å². The van der Waals surface area contributed by atoms with Crippen LogP contribution in [0.5, 0.6) is 0 Å². The quantitative estimate of drug-likeness (QED) is 0.781. The summed E-state index contributed by atoms with van der Waals surface area (Å²) in [4.78, 5) is 3.71. The first kappa shape index (κ1) is 10.6. The van der Waals surface area contributed by atoms with Gasteiger partial charge in [0.15, 0.2) is 5.82 Å². The summed E-state index contributed by atoms with van der Waals surface area (Å²) in [5.41, 5.74) is 1.33. The first-order valence-electron chi connectivity index (χ1n) is 4.83. The molecule has 0 aromatic carbocycles. The molecule has 0 N–H and O–H groups in total. The van der Waals surface area contributed by atoms with Gasteiger partial charge in [0.1, 0.15) is 11.5 Å². The lowest BCUT2D eigenvalue weighted by atomic mass is 10.1. The molecule has 0 unspecified atom stereocenters. The lowest BCUT2D eigenvalue weighted by Crippen LogP contribution is -1.95. The van der Waals surface area contributed by atoms with Crippen molar-refractivity contribution in [2.45, 2.75) is 13.3 Å². The molecule has 0 aliphatic carbocycles. The Morgan fingerprint density at radius 3 is 2.69 bits per heavy atom. The number of hydrogen-bond acceptors (Lipinski definition) is 3. The second-order valence-corrected chi connectivity index (χ2v) is 3.27. The first-order valence-corrected chi connectivity index (χ1v) is 4.83. The van der Waals surface area contributed by atoms with Crippen molar-refractivity contribution >= 4 is 0 Å². The van der Waals surface area contributed by atoms with Crippen molar-refractivity contribution in [3.63, 3.8) is 0 Å². The van der Waals surface area contributed by atoms with E-state index >= 15 is 0 Å². The third-order valence-electron chi connectivity index (χ3n) is 2.15. The molecule has 0 atom stereocenters. The second-order valence-electron chi connectivity index (χ2n) is 3.27. The predicted octanol–water partition coefficient (Wildman–Crippen LogP) is 2.38. The SMILES string of the molecule is CCc1cc(-c2ncc(F)cc2F)cnn1. The lowest BCUT2D eigenvalue weighted by molar-refractivity contribution is 0.576. The van der Waals surface area contributed by atoms with Gasteiger partial charge in [0.2, 0.25) is 0 Å². The monoisotopic (exact) mass is 221 g/mol. The Morgan fingerprint density at radius 1 is 1.19 bits per heavy atom. The zero-order chi connectivity index (χ0) is 11.5. The number of hydrogen-bond donors (Lipinski definition) is 0. The first-order chi connectivity index (χ1) is 7.70. The van der Waals surface area contributed by atoms with Gasteiger partial charge in [-0.2, -0.15) is 10.2 Å². The molecule has 0 radical (unpaired) electrons. The van der Waals surface area contributed by atoms with Crippen LogP contribution in [0.25, 0.3) is 11.3 Å². The fourth-order valence-corrected chi connectivity index (χ4v) is 1.34. The van der Waals surface area contributed by atoms with Crippen LogP contribution in [-0.2, 0) is 6.42 Å². The number of rotatable bonds is 2. The highest BCUT2D eigenvalue weighted by atomic mass is 19.1. The molecule has 0 saturated carbocycles. The smallest absolute Gasteiger partial charge is 0.152 e. The minimum Gasteiger partial charge on any atom is -0.250 e. The molecule has 82 valence electrons. The molecule has 0 aliphatic rings. The van der Waals surface area contributed by atoms with E-state index < -0.39 is 11.6 Å². The molecule has 2 heterocycles. The summed E-state index contributed by atoms with van der Waals surface area (Å²) in [6.45, 7) is 1.92. The molecule has 0 saturated heterocycles. The summed E-state index contributed by atoms with van der Waals surface area (Å²) in [5.74, 6) is -1.39. The standard InChI is InChI=1S/C11H9F2N3/c1-2-9-3-7(5-15-16-9)11-10(13)4-8(12)6-14-11/h3-6H,2H2,1H3. The van der Waals surface area contributed by atoms with Crippen molar-refractivity contribution in [2.24, 2.45) is 0 Å². The third kappa shape index (κ3) is 2.03. The van der Waals surface area contributed by atoms with Gasteiger partial charge < -0.3 is 0 Å². The summed E-state index contributed by atoms with van der Waals surface area (Å²) in [6.07, 6.45) is 3.08. The van der Waals surface area contributed by atoms with Crippen molar-refractivity contribution in [3.05, 3.63) is 41.9 Å². The summed E-state index contributed by atoms with van der Waals surface area (Å²) in [5, 5.41) is 7.60. The molecule has 16 heavy (non-hydrogen) atoms. The van der Waals surface area contributed by atoms with E-state index in [0.29, 0.717) is 12.0 Å². The molecular weight excluding hydrogens is 212 g/mol. The van der Waals surface area contributed by atoms with Crippen LogP contribution < -0.4 is 0 Å². The molecule has 3 nitrogen and oxygen atoms in total. The fourth-order valence-electron chi connectivity index (χ4n) is 1.34. The van der Waals surface area contributed by atoms with E-state index in [1.165, 1.54) is 6.20 Å². The molecule has 0 fully saturated rings. The normalized spacial score (nSPS) is 10.4. The van der Waals surface area contributed by atoms with Gasteiger partial charge in [-0.3, -0.25) is 4.98 Å². The summed E-state index contributed by atoms with van der Waals surface area (Å²) in [6, 6.07) is 2.49. The Kier molecular flexibility index (Phi) is 2.85. The third-order valence-corrected chi connectivity index (χ3v) is 2.15. The Balaban J connectivity index is 2.49. The van der Waals surface area contributed by atoms with Gasteiger partial charge in [-0.1, -0.05) is 6.92 Å². The minimum atomic E-state index is -0.699. The Labute approximate surface area is 91.2 Å². The van der Waals surface area contributed by atoms with E-state index in [4.69, 9.17) is 0 Å². The number of pyridine rings is 1. The van der Waals surface area contributed by atoms with Crippen molar-refractivity contribution in [3.8, 4) is 11.3 Å². The van der Waals surface area contributed by atoms with Crippen molar-refractivity contribution in [2.75, 3.05) is 0 Å². The topological polar surface area (TPSA) is 38.7 Å². The Hall–Kier alpha value is -1.91. The fraction of sp³-hybridized carbons (Fsp3) is 0.182. The van der Waals surface area contributed by atoms with Gasteiger partial charge in [0.05, 0.1) is 18.1 Å². The number of halogens is 2. The van der Waals surface area contributed by atoms with E-state index in [2.05, 4.69) is 15.2 Å². The lowest BCUT2D eigenvalue weighted by Gasteiger charge is -2.02. The van der Waals surface area contributed by atoms with E-state index in [0.717, 1.165) is 18.0 Å². The maximum Gasteiger partial charge on any atom is 0.152 e. The van der Waals surface area contributed by atoms with E-state index in [1.54, 1.807) is 6.07 Å². The minimum absolute atomic E-state index is 0.0889. The number of aryl methyl sites for hydroxylation is 1. The highest BCUT2D eigenvalue weighted by Crippen LogP contribution is 2.20. The average Bonchev–Trinajstić information content (AvgIpc) is 2.29. The number of aromatic nitrogens is 3. The molecule has 0 bridgehead atoms. The Bertz CT molecular complexity index is 514. The molecule has 5 heteroatoms. The molecule has 2 rings (SSSR count). The van der Waals surface area contributed by atoms with E-state index in [-0.39, 0.29) is 5.69 Å². The van der Waals surface area contributed by atoms with Crippen LogP contribution in [0.15, 0.2) is 24.5 Å². The zero-order valence-corrected chi connectivity index (χ0v) is 8.61. The van der Waals surface area contributed by atoms with Crippen LogP contribution in [0.3, 0.4) is 0 Å².